The smallest absolute Gasteiger partial charge is 0.227 e. The van der Waals surface area contributed by atoms with E-state index in [2.05, 4.69) is 17.5 Å². The van der Waals surface area contributed by atoms with E-state index in [9.17, 15) is 4.79 Å². The molecule has 0 radical (unpaired) electrons. The van der Waals surface area contributed by atoms with Crippen molar-refractivity contribution in [3.8, 4) is 5.75 Å². The second-order valence-electron chi connectivity index (χ2n) is 5.29. The van der Waals surface area contributed by atoms with Crippen LogP contribution in [0.3, 0.4) is 0 Å². The number of carbonyl (C=O) groups is 1. The normalized spacial score (nSPS) is 18.0. The van der Waals surface area contributed by atoms with Crippen LogP contribution in [0.25, 0.3) is 0 Å². The zero-order valence-corrected chi connectivity index (χ0v) is 12.9. The molecule has 2 heterocycles. The Morgan fingerprint density at radius 3 is 2.81 bits per heavy atom. The number of benzene rings is 1. The molecule has 0 aliphatic carbocycles. The Balaban J connectivity index is 1.69. The van der Waals surface area contributed by atoms with Gasteiger partial charge in [-0.25, -0.2) is 0 Å². The molecule has 4 heteroatoms. The molecule has 0 N–H and O–H groups in total. The largest absolute Gasteiger partial charge is 0.497 e. The van der Waals surface area contributed by atoms with Gasteiger partial charge in [0.1, 0.15) is 5.75 Å². The number of rotatable bonds is 4. The first-order chi connectivity index (χ1) is 10.3. The molecule has 1 aliphatic rings. The highest BCUT2D eigenvalue weighted by atomic mass is 32.1. The summed E-state index contributed by atoms with van der Waals surface area (Å²) in [6.07, 6.45) is 2.64. The number of amides is 1. The van der Waals surface area contributed by atoms with Gasteiger partial charge in [0.2, 0.25) is 5.91 Å². The van der Waals surface area contributed by atoms with Crippen LogP contribution in [0.15, 0.2) is 41.8 Å². The van der Waals surface area contributed by atoms with Gasteiger partial charge < -0.3 is 9.64 Å². The minimum Gasteiger partial charge on any atom is -0.497 e. The van der Waals surface area contributed by atoms with Crippen molar-refractivity contribution in [1.82, 2.24) is 4.90 Å². The molecule has 2 aromatic rings. The summed E-state index contributed by atoms with van der Waals surface area (Å²) in [4.78, 5) is 15.9. The summed E-state index contributed by atoms with van der Waals surface area (Å²) in [5.74, 6) is 1.04. The monoisotopic (exact) mass is 301 g/mol. The summed E-state index contributed by atoms with van der Waals surface area (Å²) >= 11 is 1.74. The van der Waals surface area contributed by atoms with E-state index in [1.54, 1.807) is 18.4 Å². The summed E-state index contributed by atoms with van der Waals surface area (Å²) in [7, 11) is 1.65. The predicted octanol–water partition coefficient (Wildman–Crippen LogP) is 3.66. The summed E-state index contributed by atoms with van der Waals surface area (Å²) in [6, 6.07) is 12.2. The second kappa shape index (κ2) is 6.31. The Hall–Kier alpha value is -1.81. The van der Waals surface area contributed by atoms with E-state index >= 15 is 0 Å². The van der Waals surface area contributed by atoms with Crippen LogP contribution in [0.5, 0.6) is 5.75 Å². The maximum Gasteiger partial charge on any atom is 0.227 e. The van der Waals surface area contributed by atoms with Gasteiger partial charge in [0.15, 0.2) is 0 Å². The SMILES string of the molecule is COc1ccc(CC(=O)N2CCC[C@@H]2c2cccs2)cc1. The molecular formula is C17H19NO2S. The van der Waals surface area contributed by atoms with Gasteiger partial charge in [-0.3, -0.25) is 4.79 Å². The van der Waals surface area contributed by atoms with Crippen molar-refractivity contribution in [1.29, 1.82) is 0 Å². The van der Waals surface area contributed by atoms with Gasteiger partial charge in [0.05, 0.1) is 19.6 Å². The molecule has 1 atom stereocenters. The van der Waals surface area contributed by atoms with Crippen molar-refractivity contribution in [2.24, 2.45) is 0 Å². The van der Waals surface area contributed by atoms with Gasteiger partial charge in [-0.2, -0.15) is 0 Å². The first-order valence-electron chi connectivity index (χ1n) is 7.24. The highest BCUT2D eigenvalue weighted by Gasteiger charge is 2.30. The Morgan fingerprint density at radius 2 is 2.14 bits per heavy atom. The lowest BCUT2D eigenvalue weighted by molar-refractivity contribution is -0.131. The fourth-order valence-corrected chi connectivity index (χ4v) is 3.74. The van der Waals surface area contributed by atoms with Crippen LogP contribution in [0.1, 0.15) is 29.3 Å². The average Bonchev–Trinajstić information content (AvgIpc) is 3.18. The molecule has 3 rings (SSSR count). The van der Waals surface area contributed by atoms with Crippen LogP contribution in [-0.2, 0) is 11.2 Å². The van der Waals surface area contributed by atoms with Crippen LogP contribution in [0.4, 0.5) is 0 Å². The summed E-state index contributed by atoms with van der Waals surface area (Å²) in [5.41, 5.74) is 1.04. The van der Waals surface area contributed by atoms with Crippen LogP contribution in [0.2, 0.25) is 0 Å². The van der Waals surface area contributed by atoms with Gasteiger partial charge in [0.25, 0.3) is 0 Å². The molecule has 0 unspecified atom stereocenters. The third kappa shape index (κ3) is 3.10. The van der Waals surface area contributed by atoms with Crippen molar-refractivity contribution in [2.75, 3.05) is 13.7 Å². The second-order valence-corrected chi connectivity index (χ2v) is 6.26. The van der Waals surface area contributed by atoms with Gasteiger partial charge in [-0.05, 0) is 42.0 Å². The number of methoxy groups -OCH3 is 1. The molecule has 0 spiro atoms. The molecule has 0 bridgehead atoms. The number of ether oxygens (including phenoxy) is 1. The molecule has 1 aliphatic heterocycles. The third-order valence-corrected chi connectivity index (χ3v) is 4.93. The van der Waals surface area contributed by atoms with E-state index in [0.29, 0.717) is 6.42 Å². The molecule has 1 amide bonds. The molecule has 3 nitrogen and oxygen atoms in total. The molecule has 1 aromatic heterocycles. The minimum absolute atomic E-state index is 0.219. The molecule has 0 saturated carbocycles. The highest BCUT2D eigenvalue weighted by Crippen LogP contribution is 2.34. The lowest BCUT2D eigenvalue weighted by atomic mass is 10.1. The first-order valence-corrected chi connectivity index (χ1v) is 8.11. The highest BCUT2D eigenvalue weighted by molar-refractivity contribution is 7.10. The quantitative estimate of drug-likeness (QED) is 0.862. The van der Waals surface area contributed by atoms with Crippen molar-refractivity contribution < 1.29 is 9.53 Å². The Kier molecular flexibility index (Phi) is 4.25. The molecule has 110 valence electrons. The topological polar surface area (TPSA) is 29.5 Å². The van der Waals surface area contributed by atoms with E-state index in [4.69, 9.17) is 4.74 Å². The molecule has 1 aromatic carbocycles. The third-order valence-electron chi connectivity index (χ3n) is 3.96. The van der Waals surface area contributed by atoms with E-state index in [1.165, 1.54) is 4.88 Å². The Labute approximate surface area is 129 Å². The number of hydrogen-bond acceptors (Lipinski definition) is 3. The number of nitrogens with zero attached hydrogens (tertiary/aromatic N) is 1. The summed E-state index contributed by atoms with van der Waals surface area (Å²) in [6.45, 7) is 0.873. The maximum atomic E-state index is 12.6. The molecule has 1 fully saturated rings. The Bertz CT molecular complexity index is 592. The lowest BCUT2D eigenvalue weighted by Gasteiger charge is -2.24. The summed E-state index contributed by atoms with van der Waals surface area (Å²) < 4.78 is 5.15. The summed E-state index contributed by atoms with van der Waals surface area (Å²) in [5, 5.41) is 2.08. The number of thiophene rings is 1. The van der Waals surface area contributed by atoms with E-state index in [0.717, 1.165) is 30.7 Å². The van der Waals surface area contributed by atoms with Crippen LogP contribution < -0.4 is 4.74 Å². The van der Waals surface area contributed by atoms with Crippen molar-refractivity contribution >= 4 is 17.2 Å². The van der Waals surface area contributed by atoms with Gasteiger partial charge >= 0.3 is 0 Å². The van der Waals surface area contributed by atoms with E-state index in [1.807, 2.05) is 29.2 Å². The fraction of sp³-hybridized carbons (Fsp3) is 0.353. The van der Waals surface area contributed by atoms with E-state index in [-0.39, 0.29) is 11.9 Å². The Morgan fingerprint density at radius 1 is 1.33 bits per heavy atom. The minimum atomic E-state index is 0.219. The molecular weight excluding hydrogens is 282 g/mol. The van der Waals surface area contributed by atoms with E-state index < -0.39 is 0 Å². The van der Waals surface area contributed by atoms with Crippen LogP contribution in [-0.4, -0.2) is 24.5 Å². The number of likely N-dealkylation sites (tertiary alicyclic amines) is 1. The predicted molar refractivity (Wildman–Crippen MR) is 84.7 cm³/mol. The van der Waals surface area contributed by atoms with Gasteiger partial charge in [-0.15, -0.1) is 11.3 Å². The fourth-order valence-electron chi connectivity index (χ4n) is 2.86. The van der Waals surface area contributed by atoms with Crippen molar-refractivity contribution in [3.05, 3.63) is 52.2 Å². The number of hydrogen-bond donors (Lipinski definition) is 0. The molecule has 21 heavy (non-hydrogen) atoms. The maximum absolute atomic E-state index is 12.6. The van der Waals surface area contributed by atoms with Gasteiger partial charge in [0, 0.05) is 11.4 Å². The van der Waals surface area contributed by atoms with Crippen LogP contribution in [0, 0.1) is 0 Å². The lowest BCUT2D eigenvalue weighted by Crippen LogP contribution is -2.31. The molecule has 1 saturated heterocycles. The first kappa shape index (κ1) is 14.1. The van der Waals surface area contributed by atoms with Crippen molar-refractivity contribution in [2.45, 2.75) is 25.3 Å². The zero-order valence-electron chi connectivity index (χ0n) is 12.1. The zero-order chi connectivity index (χ0) is 14.7. The van der Waals surface area contributed by atoms with Gasteiger partial charge in [-0.1, -0.05) is 18.2 Å². The van der Waals surface area contributed by atoms with Crippen LogP contribution >= 0.6 is 11.3 Å². The van der Waals surface area contributed by atoms with Crippen molar-refractivity contribution in [3.63, 3.8) is 0 Å². The number of carbonyl (C=O) groups excluding carboxylic acids is 1. The standard InChI is InChI=1S/C17H19NO2S/c1-20-14-8-6-13(7-9-14)12-17(19)18-10-2-4-15(18)16-5-3-11-21-16/h3,5-9,11,15H,2,4,10,12H2,1H3/t15-/m1/s1. The average molecular weight is 301 g/mol.